The molecule has 0 unspecified atom stereocenters. The Hall–Kier alpha value is -0.702. The molecule has 5 nitrogen and oxygen atoms in total. The number of rotatable bonds is 4. The number of esters is 2. The Labute approximate surface area is 135 Å². The molecule has 20 heavy (non-hydrogen) atoms. The number of hydrogen-bond acceptors (Lipinski definition) is 4. The first-order valence-corrected chi connectivity index (χ1v) is 6.17. The summed E-state index contributed by atoms with van der Waals surface area (Å²) in [6, 6.07) is 0. The summed E-state index contributed by atoms with van der Waals surface area (Å²) in [7, 11) is 0. The molecule has 0 amide bonds. The van der Waals surface area contributed by atoms with Crippen LogP contribution in [-0.4, -0.2) is 28.9 Å². The molecule has 0 bridgehead atoms. The second kappa shape index (κ2) is 7.92. The summed E-state index contributed by atoms with van der Waals surface area (Å²) in [4.78, 5) is 23.9. The first-order valence-electron chi connectivity index (χ1n) is 6.17. The topological polar surface area (TPSA) is 74.9 Å². The van der Waals surface area contributed by atoms with Gasteiger partial charge in [-0.2, -0.15) is 6.42 Å². The van der Waals surface area contributed by atoms with Gasteiger partial charge in [0.25, 0.3) is 0 Å². The molecule has 0 fully saturated rings. The third-order valence-corrected chi connectivity index (χ3v) is 1.87. The maximum atomic E-state index is 12.0. The maximum Gasteiger partial charge on any atom is 2.00 e. The first kappa shape index (κ1) is 21.6. The average Bonchev–Trinajstić information content (AvgIpc) is 2.11. The summed E-state index contributed by atoms with van der Waals surface area (Å²) in [5.74, 6) is -3.11. The van der Waals surface area contributed by atoms with Crippen molar-refractivity contribution in [2.45, 2.75) is 59.2 Å². The van der Waals surface area contributed by atoms with E-state index in [1.54, 1.807) is 41.5 Å². The predicted molar refractivity (Wildman–Crippen MR) is 73.5 cm³/mol. The van der Waals surface area contributed by atoms with Crippen molar-refractivity contribution in [3.8, 4) is 0 Å². The number of nitrogens with zero attached hydrogens (tertiary/aromatic N) is 1. The van der Waals surface area contributed by atoms with Crippen LogP contribution in [0.2, 0.25) is 0 Å². The number of ether oxygens (including phenoxy) is 2. The Balaban J connectivity index is 0. The van der Waals surface area contributed by atoms with E-state index in [0.29, 0.717) is 0 Å². The molecule has 0 heterocycles. The molecule has 0 aliphatic heterocycles. The fourth-order valence-electron chi connectivity index (χ4n) is 1.23. The van der Waals surface area contributed by atoms with Gasteiger partial charge in [-0.25, -0.2) is 5.71 Å². The molecule has 0 saturated carbocycles. The number of carbonyl (C=O) groups is 2. The zero-order chi connectivity index (χ0) is 15.4. The van der Waals surface area contributed by atoms with Crippen LogP contribution < -0.4 is 0 Å². The van der Waals surface area contributed by atoms with Crippen LogP contribution >= 0.6 is 0 Å². The number of carbonyl (C=O) groups excluding carboxylic acids is 2. The molecule has 0 aliphatic carbocycles. The van der Waals surface area contributed by atoms with E-state index in [-0.39, 0.29) is 33.2 Å². The fraction of sp³-hybridized carbons (Fsp3) is 0.714. The molecule has 0 spiro atoms. The van der Waals surface area contributed by atoms with Gasteiger partial charge in [-0.1, -0.05) is 0 Å². The van der Waals surface area contributed by atoms with E-state index < -0.39 is 29.1 Å². The molecule has 0 atom stereocenters. The monoisotopic (exact) mass is 453 g/mol. The molecule has 6 heteroatoms. The van der Waals surface area contributed by atoms with Crippen molar-refractivity contribution in [2.75, 3.05) is 0 Å². The summed E-state index contributed by atoms with van der Waals surface area (Å²) in [5, 5.41) is 9.70. The number of hydrogen-bond donors (Lipinski definition) is 0. The maximum absolute atomic E-state index is 12.0. The second-order valence-corrected chi connectivity index (χ2v) is 6.24. The quantitative estimate of drug-likeness (QED) is 0.284. The van der Waals surface area contributed by atoms with Crippen molar-refractivity contribution in [3.05, 3.63) is 12.3 Å². The van der Waals surface area contributed by atoms with E-state index >= 15 is 0 Å². The zero-order valence-corrected chi connectivity index (χ0v) is 15.9. The van der Waals surface area contributed by atoms with Gasteiger partial charge in [0.2, 0.25) is 0 Å². The van der Waals surface area contributed by atoms with Crippen molar-refractivity contribution in [3.63, 3.8) is 0 Å². The zero-order valence-electron chi connectivity index (χ0n) is 13.0. The minimum Gasteiger partial charge on any atom is -0.812 e. The van der Waals surface area contributed by atoms with Gasteiger partial charge in [0.1, 0.15) is 11.2 Å². The van der Waals surface area contributed by atoms with Gasteiger partial charge in [-0.15, -0.1) is 0 Å². The van der Waals surface area contributed by atoms with E-state index in [4.69, 9.17) is 9.47 Å². The van der Waals surface area contributed by atoms with Gasteiger partial charge < -0.3 is 21.8 Å². The molecular formula is C14H23NO4W. The summed E-state index contributed by atoms with van der Waals surface area (Å²) in [6.45, 7) is 13.5. The molecule has 0 rings (SSSR count). The van der Waals surface area contributed by atoms with Gasteiger partial charge in [-0.05, 0) is 41.5 Å². The van der Waals surface area contributed by atoms with Crippen molar-refractivity contribution in [2.24, 2.45) is 5.92 Å². The Morgan fingerprint density at radius 2 is 1.30 bits per heavy atom. The molecular weight excluding hydrogens is 430 g/mol. The molecule has 0 aromatic heterocycles. The molecule has 0 N–H and O–H groups in total. The van der Waals surface area contributed by atoms with Crippen molar-refractivity contribution in [1.82, 2.24) is 0 Å². The summed E-state index contributed by atoms with van der Waals surface area (Å²) >= 11 is 0. The second-order valence-electron chi connectivity index (χ2n) is 6.24. The average molecular weight is 453 g/mol. The van der Waals surface area contributed by atoms with Crippen LogP contribution in [-0.2, 0) is 40.1 Å². The molecule has 0 aromatic rings. The minimum absolute atomic E-state index is 0. The molecule has 0 radical (unpaired) electrons. The Morgan fingerprint density at radius 3 is 1.50 bits per heavy atom. The van der Waals surface area contributed by atoms with Crippen LogP contribution in [0.15, 0.2) is 0 Å². The Morgan fingerprint density at radius 1 is 1.00 bits per heavy atom. The van der Waals surface area contributed by atoms with Crippen molar-refractivity contribution < 1.29 is 40.1 Å². The van der Waals surface area contributed by atoms with Crippen LogP contribution in [0, 0.1) is 12.8 Å². The first-order chi connectivity index (χ1) is 8.37. The van der Waals surface area contributed by atoms with E-state index in [1.807, 2.05) is 0 Å². The smallest absolute Gasteiger partial charge is 0.812 e. The molecule has 0 aromatic carbocycles. The molecule has 0 aliphatic rings. The largest absolute Gasteiger partial charge is 2.00 e. The van der Waals surface area contributed by atoms with Crippen LogP contribution in [0.25, 0.3) is 5.41 Å². The van der Waals surface area contributed by atoms with Gasteiger partial charge in [0, 0.05) is 0 Å². The summed E-state index contributed by atoms with van der Waals surface area (Å²) < 4.78 is 10.2. The van der Waals surface area contributed by atoms with E-state index in [1.165, 1.54) is 0 Å². The normalized spacial score (nSPS) is 11.6. The fourth-order valence-corrected chi connectivity index (χ4v) is 1.23. The van der Waals surface area contributed by atoms with Crippen LogP contribution in [0.5, 0.6) is 0 Å². The van der Waals surface area contributed by atoms with E-state index in [0.717, 1.165) is 0 Å². The van der Waals surface area contributed by atoms with E-state index in [9.17, 15) is 15.0 Å². The van der Waals surface area contributed by atoms with Crippen LogP contribution in [0.1, 0.15) is 48.0 Å². The van der Waals surface area contributed by atoms with Crippen molar-refractivity contribution in [1.29, 1.82) is 0 Å². The summed E-state index contributed by atoms with van der Waals surface area (Å²) in [5.41, 5.74) is -1.86. The van der Waals surface area contributed by atoms with Gasteiger partial charge in [-0.3, -0.25) is 9.59 Å². The van der Waals surface area contributed by atoms with Crippen LogP contribution in [0.3, 0.4) is 0 Å². The Kier molecular flexibility index (Phi) is 8.55. The summed E-state index contributed by atoms with van der Waals surface area (Å²) in [6.07, 6.45) is -0.0663. The predicted octanol–water partition coefficient (Wildman–Crippen LogP) is 2.52. The third-order valence-electron chi connectivity index (χ3n) is 1.87. The van der Waals surface area contributed by atoms with Gasteiger partial charge in [0.05, 0.1) is 0 Å². The molecule has 114 valence electrons. The SMILES string of the molecule is [CH2-]CC(=[N-])C(C(=O)OC(C)(C)C)C(=O)OC(C)(C)C.[W+2]. The standard InChI is InChI=1S/C14H23NO4.W/c1-8-9(15)10(11(16)18-13(2,3)4)12(17)19-14(5,6)7;/h10H,1,8H2,2-7H3;/q-2;+2. The molecule has 0 saturated heterocycles. The minimum atomic E-state index is -1.45. The van der Waals surface area contributed by atoms with Crippen LogP contribution in [0.4, 0.5) is 0 Å². The third kappa shape index (κ3) is 8.47. The Bertz CT molecular complexity index is 338. The van der Waals surface area contributed by atoms with Crippen molar-refractivity contribution >= 4 is 17.7 Å². The van der Waals surface area contributed by atoms with Gasteiger partial charge >= 0.3 is 33.0 Å². The van der Waals surface area contributed by atoms with Gasteiger partial charge in [0.15, 0.2) is 5.92 Å². The van der Waals surface area contributed by atoms with E-state index in [2.05, 4.69) is 6.92 Å².